The summed E-state index contributed by atoms with van der Waals surface area (Å²) in [6.07, 6.45) is 2.98. The summed E-state index contributed by atoms with van der Waals surface area (Å²) in [5.41, 5.74) is 6.67. The predicted octanol–water partition coefficient (Wildman–Crippen LogP) is 8.74. The van der Waals surface area contributed by atoms with Crippen molar-refractivity contribution >= 4 is 28.7 Å². The molecule has 7 nitrogen and oxygen atoms in total. The van der Waals surface area contributed by atoms with Gasteiger partial charge < -0.3 is 14.2 Å². The molecule has 0 aliphatic carbocycles. The minimum Gasteiger partial charge on any atom is -0.456 e. The van der Waals surface area contributed by atoms with Crippen LogP contribution in [0.5, 0.6) is 0 Å². The second-order valence-corrected chi connectivity index (χ2v) is 12.9. The number of imidazole rings is 1. The van der Waals surface area contributed by atoms with Crippen LogP contribution >= 0.6 is 0 Å². The van der Waals surface area contributed by atoms with Gasteiger partial charge in [0, 0.05) is 32.7 Å². The van der Waals surface area contributed by atoms with Crippen molar-refractivity contribution in [3.8, 4) is 11.1 Å². The Bertz CT molecular complexity index is 1800. The molecule has 238 valence electrons. The number of aryl methyl sites for hydroxylation is 1. The second kappa shape index (κ2) is 14.0. The van der Waals surface area contributed by atoms with Gasteiger partial charge in [-0.2, -0.15) is 0 Å². The van der Waals surface area contributed by atoms with Gasteiger partial charge in [-0.05, 0) is 73.7 Å². The molecule has 5 aromatic rings. The van der Waals surface area contributed by atoms with Crippen molar-refractivity contribution in [2.24, 2.45) is 0 Å². The van der Waals surface area contributed by atoms with Crippen molar-refractivity contribution in [3.05, 3.63) is 120 Å². The summed E-state index contributed by atoms with van der Waals surface area (Å²) in [6.45, 7) is 8.91. The highest BCUT2D eigenvalue weighted by molar-refractivity contribution is 5.97. The molecule has 2 amide bonds. The molecule has 0 spiro atoms. The molecule has 1 heterocycles. The van der Waals surface area contributed by atoms with Crippen LogP contribution in [0.25, 0.3) is 22.2 Å². The quantitative estimate of drug-likeness (QED) is 0.147. The van der Waals surface area contributed by atoms with E-state index in [4.69, 9.17) is 9.72 Å². The average Bonchev–Trinajstić information content (AvgIpc) is 3.38. The number of carbonyl (C=O) groups excluding carboxylic acids is 2. The summed E-state index contributed by atoms with van der Waals surface area (Å²) in [4.78, 5) is 34.8. The van der Waals surface area contributed by atoms with E-state index >= 15 is 0 Å². The van der Waals surface area contributed by atoms with Crippen LogP contribution in [0.2, 0.25) is 0 Å². The second-order valence-electron chi connectivity index (χ2n) is 12.9. The van der Waals surface area contributed by atoms with Gasteiger partial charge in [-0.1, -0.05) is 86.1 Å². The maximum Gasteiger partial charge on any atom is 0.339 e. The zero-order valence-electron chi connectivity index (χ0n) is 27.8. The average molecular weight is 617 g/mol. The van der Waals surface area contributed by atoms with Crippen molar-refractivity contribution in [2.75, 3.05) is 19.0 Å². The number of unbranched alkanes of at least 4 members (excludes halogenated alkanes) is 1. The highest BCUT2D eigenvalue weighted by atomic mass is 16.6. The molecule has 1 aromatic heterocycles. The van der Waals surface area contributed by atoms with E-state index in [1.807, 2.05) is 92.4 Å². The predicted molar refractivity (Wildman–Crippen MR) is 186 cm³/mol. The maximum atomic E-state index is 13.4. The van der Waals surface area contributed by atoms with Crippen LogP contribution in [0, 0.1) is 0 Å². The number of carbonyl (C=O) groups is 2. The topological polar surface area (TPSA) is 67.7 Å². The van der Waals surface area contributed by atoms with Crippen LogP contribution in [0.4, 0.5) is 10.5 Å². The molecule has 0 fully saturated rings. The number of esters is 1. The van der Waals surface area contributed by atoms with Crippen molar-refractivity contribution in [1.82, 2.24) is 14.5 Å². The van der Waals surface area contributed by atoms with Gasteiger partial charge in [-0.3, -0.25) is 4.90 Å². The number of ether oxygens (including phenoxy) is 1. The molecule has 0 unspecified atom stereocenters. The number of amides is 2. The smallest absolute Gasteiger partial charge is 0.339 e. The summed E-state index contributed by atoms with van der Waals surface area (Å²) in [6, 6.07) is 32.0. The van der Waals surface area contributed by atoms with E-state index in [0.717, 1.165) is 64.1 Å². The first-order chi connectivity index (χ1) is 22.0. The van der Waals surface area contributed by atoms with Gasteiger partial charge in [-0.25, -0.2) is 14.6 Å². The highest BCUT2D eigenvalue weighted by Crippen LogP contribution is 2.29. The molecule has 4 aromatic carbocycles. The third kappa shape index (κ3) is 7.65. The van der Waals surface area contributed by atoms with E-state index in [0.29, 0.717) is 18.7 Å². The van der Waals surface area contributed by atoms with E-state index in [1.54, 1.807) is 19.0 Å². The molecule has 0 aliphatic rings. The first-order valence-electron chi connectivity index (χ1n) is 16.0. The maximum absolute atomic E-state index is 13.4. The fourth-order valence-corrected chi connectivity index (χ4v) is 5.53. The lowest BCUT2D eigenvalue weighted by Gasteiger charge is -2.26. The lowest BCUT2D eigenvalue weighted by molar-refractivity contribution is 0.00704. The molecule has 0 saturated heterocycles. The fourth-order valence-electron chi connectivity index (χ4n) is 5.53. The molecule has 0 aliphatic heterocycles. The zero-order valence-corrected chi connectivity index (χ0v) is 27.8. The molecule has 0 atom stereocenters. The van der Waals surface area contributed by atoms with Gasteiger partial charge in [0.1, 0.15) is 11.4 Å². The molecule has 0 N–H and O–H groups in total. The van der Waals surface area contributed by atoms with Crippen LogP contribution in [0.1, 0.15) is 67.8 Å². The summed E-state index contributed by atoms with van der Waals surface area (Å²) in [7, 11) is 3.56. The van der Waals surface area contributed by atoms with Gasteiger partial charge >= 0.3 is 12.0 Å². The van der Waals surface area contributed by atoms with Gasteiger partial charge in [0.15, 0.2) is 0 Å². The minimum atomic E-state index is -0.574. The lowest BCUT2D eigenvalue weighted by Crippen LogP contribution is -2.38. The Labute approximate surface area is 272 Å². The number of urea groups is 1. The number of fused-ring (bicyclic) bond motifs is 1. The molecule has 0 saturated carbocycles. The van der Waals surface area contributed by atoms with E-state index < -0.39 is 5.60 Å². The van der Waals surface area contributed by atoms with Crippen molar-refractivity contribution in [2.45, 2.75) is 65.6 Å². The third-order valence-corrected chi connectivity index (χ3v) is 7.82. The number of rotatable bonds is 10. The van der Waals surface area contributed by atoms with E-state index in [-0.39, 0.29) is 12.0 Å². The Hall–Kier alpha value is -4.91. The molecule has 0 radical (unpaired) electrons. The monoisotopic (exact) mass is 616 g/mol. The number of aromatic nitrogens is 2. The molecule has 46 heavy (non-hydrogen) atoms. The lowest BCUT2D eigenvalue weighted by atomic mass is 9.98. The minimum absolute atomic E-state index is 0.0808. The van der Waals surface area contributed by atoms with Gasteiger partial charge in [0.2, 0.25) is 0 Å². The largest absolute Gasteiger partial charge is 0.456 e. The van der Waals surface area contributed by atoms with Crippen molar-refractivity contribution < 1.29 is 14.3 Å². The van der Waals surface area contributed by atoms with Crippen molar-refractivity contribution in [3.63, 3.8) is 0 Å². The molecule has 0 bridgehead atoms. The highest BCUT2D eigenvalue weighted by Gasteiger charge is 2.22. The standard InChI is InChI=1S/C39H44N4O3/c1-7-8-18-36-40-34-24-23-31(42(38(45)41(5)6)26-28-14-10-9-11-15-28)25-35(34)43(36)27-29-19-21-30(22-20-29)32-16-12-13-17-33(32)37(44)46-39(2,3)4/h9-17,19-25H,7-8,18,26-27H2,1-6H3. The first kappa shape index (κ1) is 32.5. The fraction of sp³-hybridized carbons (Fsp3) is 0.308. The summed E-state index contributed by atoms with van der Waals surface area (Å²) in [5, 5.41) is 0. The van der Waals surface area contributed by atoms with E-state index in [2.05, 4.69) is 41.8 Å². The van der Waals surface area contributed by atoms with Gasteiger partial charge in [-0.15, -0.1) is 0 Å². The number of benzene rings is 4. The summed E-state index contributed by atoms with van der Waals surface area (Å²) < 4.78 is 7.95. The molecule has 5 rings (SSSR count). The van der Waals surface area contributed by atoms with Gasteiger partial charge in [0.05, 0.1) is 23.1 Å². The number of hydrogen-bond acceptors (Lipinski definition) is 4. The number of hydrogen-bond donors (Lipinski definition) is 0. The van der Waals surface area contributed by atoms with Crippen LogP contribution < -0.4 is 4.90 Å². The normalized spacial score (nSPS) is 11.4. The Kier molecular flexibility index (Phi) is 9.90. The van der Waals surface area contributed by atoms with Crippen LogP contribution in [0.3, 0.4) is 0 Å². The van der Waals surface area contributed by atoms with Gasteiger partial charge in [0.25, 0.3) is 0 Å². The summed E-state index contributed by atoms with van der Waals surface area (Å²) >= 11 is 0. The Morgan fingerprint density at radius 1 is 0.848 bits per heavy atom. The number of anilines is 1. The Morgan fingerprint density at radius 2 is 1.54 bits per heavy atom. The van der Waals surface area contributed by atoms with E-state index in [9.17, 15) is 9.59 Å². The number of nitrogens with zero attached hydrogens (tertiary/aromatic N) is 4. The Morgan fingerprint density at radius 3 is 2.22 bits per heavy atom. The molecule has 7 heteroatoms. The Balaban J connectivity index is 1.49. The first-order valence-corrected chi connectivity index (χ1v) is 16.0. The van der Waals surface area contributed by atoms with Crippen LogP contribution in [-0.4, -0.2) is 46.1 Å². The van der Waals surface area contributed by atoms with Crippen LogP contribution in [-0.2, 0) is 24.2 Å². The SMILES string of the molecule is CCCCc1nc2ccc(N(Cc3ccccc3)C(=O)N(C)C)cc2n1Cc1ccc(-c2ccccc2C(=O)OC(C)(C)C)cc1. The van der Waals surface area contributed by atoms with E-state index in [1.165, 1.54) is 0 Å². The summed E-state index contributed by atoms with van der Waals surface area (Å²) in [5.74, 6) is 0.699. The zero-order chi connectivity index (χ0) is 32.8. The van der Waals surface area contributed by atoms with Crippen LogP contribution in [0.15, 0.2) is 97.1 Å². The molecular weight excluding hydrogens is 572 g/mol. The van der Waals surface area contributed by atoms with Crippen molar-refractivity contribution in [1.29, 1.82) is 0 Å². The third-order valence-electron chi connectivity index (χ3n) is 7.82. The molecular formula is C39H44N4O3.